The molecule has 3 nitrogen and oxygen atoms in total. The fraction of sp³-hybridized carbons (Fsp3) is 0.800. The first-order valence-electron chi connectivity index (χ1n) is 11.8. The second-order valence-corrected chi connectivity index (χ2v) is 10.9. The van der Waals surface area contributed by atoms with Crippen LogP contribution in [0.4, 0.5) is 0 Å². The van der Waals surface area contributed by atoms with Crippen molar-refractivity contribution in [3.05, 3.63) is 24.3 Å². The number of nitrogens with zero attached hydrogens (tertiary/aromatic N) is 2. The first kappa shape index (κ1) is 18.8. The average molecular weight is 381 g/mol. The van der Waals surface area contributed by atoms with E-state index >= 15 is 0 Å². The second kappa shape index (κ2) is 7.22. The van der Waals surface area contributed by atoms with Crippen LogP contribution in [-0.4, -0.2) is 15.8 Å². The van der Waals surface area contributed by atoms with E-state index in [1.165, 1.54) is 51.4 Å². The average Bonchev–Trinajstić information content (AvgIpc) is 3.05. The Bertz CT molecular complexity index is 719. The number of carbonyl (C=O) groups is 1. The monoisotopic (exact) mass is 380 g/mol. The molecule has 5 rings (SSSR count). The Labute approximate surface area is 170 Å². The summed E-state index contributed by atoms with van der Waals surface area (Å²) in [6, 6.07) is 0. The summed E-state index contributed by atoms with van der Waals surface area (Å²) in [7, 11) is 0. The Morgan fingerprint density at radius 2 is 1.89 bits per heavy atom. The minimum Gasteiger partial charge on any atom is -0.299 e. The quantitative estimate of drug-likeness (QED) is 0.696. The highest BCUT2D eigenvalue weighted by atomic mass is 16.1. The molecule has 0 N–H and O–H groups in total. The highest BCUT2D eigenvalue weighted by molar-refractivity contribution is 5.84. The number of rotatable bonds is 3. The van der Waals surface area contributed by atoms with E-state index in [-0.39, 0.29) is 11.3 Å². The number of Topliss-reactive ketones (excluding diaryl/α,β-unsaturated/α-hetero) is 1. The van der Waals surface area contributed by atoms with Crippen LogP contribution >= 0.6 is 0 Å². The van der Waals surface area contributed by atoms with Crippen molar-refractivity contribution in [2.24, 2.45) is 46.8 Å². The summed E-state index contributed by atoms with van der Waals surface area (Å²) in [5.41, 5.74) is 1.07. The smallest absolute Gasteiger partial charge is 0.142 e. The summed E-state index contributed by atoms with van der Waals surface area (Å²) in [6.45, 7) is 4.93. The summed E-state index contributed by atoms with van der Waals surface area (Å²) in [5.74, 6) is 6.23. The molecule has 4 aliphatic carbocycles. The van der Waals surface area contributed by atoms with E-state index in [9.17, 15) is 4.79 Å². The summed E-state index contributed by atoms with van der Waals surface area (Å²) in [6.07, 6.45) is 18.0. The zero-order chi connectivity index (χ0) is 19.3. The fourth-order valence-corrected chi connectivity index (χ4v) is 8.34. The van der Waals surface area contributed by atoms with Gasteiger partial charge in [0.05, 0.1) is 12.1 Å². The molecule has 4 saturated carbocycles. The van der Waals surface area contributed by atoms with Crippen LogP contribution in [-0.2, 0) is 11.2 Å². The van der Waals surface area contributed by atoms with E-state index in [1.807, 2.05) is 0 Å². The number of ketones is 1. The standard InChI is InChI=1S/C25H36N2O/c1-16-3-5-19-17(13-16)4-6-21-20(19)9-10-25(2)22(21)7-8-23(25)24(28)14-18-15-26-11-12-27-18/h11-12,15-17,19-23H,3-10,13-14H2,1-2H3. The molecule has 0 radical (unpaired) electrons. The van der Waals surface area contributed by atoms with Crippen LogP contribution in [0.15, 0.2) is 18.6 Å². The van der Waals surface area contributed by atoms with Gasteiger partial charge in [0.2, 0.25) is 0 Å². The summed E-state index contributed by atoms with van der Waals surface area (Å²) in [5, 5.41) is 0. The Morgan fingerprint density at radius 3 is 2.71 bits per heavy atom. The SMILES string of the molecule is CC1CCC2C(CCC3C2CCC2(C)C(C(=O)Cc4cnccn4)CCC32)C1. The van der Waals surface area contributed by atoms with Crippen molar-refractivity contribution in [2.45, 2.75) is 78.1 Å². The van der Waals surface area contributed by atoms with Gasteiger partial charge in [0.15, 0.2) is 0 Å². The molecule has 152 valence electrons. The van der Waals surface area contributed by atoms with Crippen molar-refractivity contribution in [1.29, 1.82) is 0 Å². The van der Waals surface area contributed by atoms with Crippen LogP contribution in [0.5, 0.6) is 0 Å². The Morgan fingerprint density at radius 1 is 1.04 bits per heavy atom. The Hall–Kier alpha value is -1.25. The van der Waals surface area contributed by atoms with E-state index in [2.05, 4.69) is 23.8 Å². The third-order valence-corrected chi connectivity index (χ3v) is 9.58. The normalized spacial score (nSPS) is 45.0. The zero-order valence-corrected chi connectivity index (χ0v) is 17.6. The minimum absolute atomic E-state index is 0.231. The van der Waals surface area contributed by atoms with Gasteiger partial charge in [-0.3, -0.25) is 14.8 Å². The summed E-state index contributed by atoms with van der Waals surface area (Å²) in [4.78, 5) is 21.7. The first-order chi connectivity index (χ1) is 13.6. The highest BCUT2D eigenvalue weighted by Gasteiger charge is 2.58. The fourth-order valence-electron chi connectivity index (χ4n) is 8.34. The topological polar surface area (TPSA) is 42.9 Å². The van der Waals surface area contributed by atoms with E-state index in [4.69, 9.17) is 0 Å². The van der Waals surface area contributed by atoms with Crippen LogP contribution in [0.1, 0.15) is 77.3 Å². The molecular weight excluding hydrogens is 344 g/mol. The molecule has 0 spiro atoms. The van der Waals surface area contributed by atoms with Gasteiger partial charge < -0.3 is 0 Å². The van der Waals surface area contributed by atoms with Crippen molar-refractivity contribution in [2.75, 3.05) is 0 Å². The lowest BCUT2D eigenvalue weighted by atomic mass is 9.49. The second-order valence-electron chi connectivity index (χ2n) is 10.9. The molecule has 0 bridgehead atoms. The predicted octanol–water partition coefficient (Wildman–Crippen LogP) is 5.49. The third-order valence-electron chi connectivity index (χ3n) is 9.58. The lowest BCUT2D eigenvalue weighted by Crippen LogP contribution is -2.49. The van der Waals surface area contributed by atoms with Gasteiger partial charge in [-0.05, 0) is 92.3 Å². The largest absolute Gasteiger partial charge is 0.299 e. The van der Waals surface area contributed by atoms with Gasteiger partial charge in [-0.15, -0.1) is 0 Å². The maximum atomic E-state index is 13.2. The van der Waals surface area contributed by atoms with Crippen molar-refractivity contribution < 1.29 is 4.79 Å². The molecule has 1 aromatic heterocycles. The van der Waals surface area contributed by atoms with Crippen LogP contribution in [0.3, 0.4) is 0 Å². The zero-order valence-electron chi connectivity index (χ0n) is 17.6. The Kier molecular flexibility index (Phi) is 4.83. The minimum atomic E-state index is 0.231. The molecule has 0 amide bonds. The number of carbonyl (C=O) groups excluding carboxylic acids is 1. The van der Waals surface area contributed by atoms with Crippen molar-refractivity contribution in [1.82, 2.24) is 9.97 Å². The number of hydrogen-bond acceptors (Lipinski definition) is 3. The molecule has 3 heteroatoms. The van der Waals surface area contributed by atoms with Gasteiger partial charge in [-0.25, -0.2) is 0 Å². The van der Waals surface area contributed by atoms with Crippen LogP contribution in [0, 0.1) is 46.8 Å². The molecule has 4 fully saturated rings. The molecule has 0 saturated heterocycles. The molecule has 28 heavy (non-hydrogen) atoms. The van der Waals surface area contributed by atoms with Crippen LogP contribution in [0.25, 0.3) is 0 Å². The first-order valence-corrected chi connectivity index (χ1v) is 11.8. The number of hydrogen-bond donors (Lipinski definition) is 0. The van der Waals surface area contributed by atoms with E-state index < -0.39 is 0 Å². The molecule has 0 aromatic carbocycles. The number of fused-ring (bicyclic) bond motifs is 5. The predicted molar refractivity (Wildman–Crippen MR) is 111 cm³/mol. The van der Waals surface area contributed by atoms with Crippen molar-refractivity contribution in [3.63, 3.8) is 0 Å². The van der Waals surface area contributed by atoms with Crippen molar-refractivity contribution in [3.8, 4) is 0 Å². The van der Waals surface area contributed by atoms with Gasteiger partial charge in [-0.1, -0.05) is 20.3 Å². The van der Waals surface area contributed by atoms with Crippen molar-refractivity contribution >= 4 is 5.78 Å². The van der Waals surface area contributed by atoms with Gasteiger partial charge in [-0.2, -0.15) is 0 Å². The number of aromatic nitrogens is 2. The molecule has 4 aliphatic rings. The molecular formula is C25H36N2O. The maximum absolute atomic E-state index is 13.2. The molecule has 8 unspecified atom stereocenters. The van der Waals surface area contributed by atoms with Gasteiger partial charge in [0.1, 0.15) is 5.78 Å². The lowest BCUT2D eigenvalue weighted by Gasteiger charge is -2.56. The molecule has 8 atom stereocenters. The molecule has 1 aromatic rings. The van der Waals surface area contributed by atoms with E-state index in [0.717, 1.165) is 47.6 Å². The van der Waals surface area contributed by atoms with Gasteiger partial charge in [0.25, 0.3) is 0 Å². The van der Waals surface area contributed by atoms with E-state index in [0.29, 0.717) is 12.2 Å². The third kappa shape index (κ3) is 3.04. The van der Waals surface area contributed by atoms with Gasteiger partial charge in [0, 0.05) is 24.5 Å². The Balaban J connectivity index is 1.32. The maximum Gasteiger partial charge on any atom is 0.142 e. The van der Waals surface area contributed by atoms with E-state index in [1.54, 1.807) is 18.6 Å². The highest BCUT2D eigenvalue weighted by Crippen LogP contribution is 2.64. The van der Waals surface area contributed by atoms with Crippen LogP contribution < -0.4 is 0 Å². The molecule has 0 aliphatic heterocycles. The van der Waals surface area contributed by atoms with Gasteiger partial charge >= 0.3 is 0 Å². The summed E-state index contributed by atoms with van der Waals surface area (Å²) >= 11 is 0. The summed E-state index contributed by atoms with van der Waals surface area (Å²) < 4.78 is 0. The molecule has 1 heterocycles. The van der Waals surface area contributed by atoms with Crippen LogP contribution in [0.2, 0.25) is 0 Å². The lowest BCUT2D eigenvalue weighted by molar-refractivity contribution is -0.129.